The van der Waals surface area contributed by atoms with Gasteiger partial charge in [0.1, 0.15) is 0 Å². The Labute approximate surface area is 183 Å². The van der Waals surface area contributed by atoms with E-state index in [0.29, 0.717) is 16.0 Å². The standard InChI is InChI=1S/C25H29N3OS/c1-15-8-7-9-19(10-15)26-24-27-23(29)22(30-24)13-18-12-20-17(3)14-25(4,5)28(6)21(20)11-16(18)2/h7-13,17H,14H2,1-6H3,(H,26,27,29)/b22-13+. The number of hydrogen-bond donors (Lipinski definition) is 1. The number of carbonyl (C=O) groups is 1. The van der Waals surface area contributed by atoms with Gasteiger partial charge in [-0.1, -0.05) is 19.1 Å². The minimum absolute atomic E-state index is 0.0881. The van der Waals surface area contributed by atoms with Gasteiger partial charge >= 0.3 is 0 Å². The molecule has 30 heavy (non-hydrogen) atoms. The van der Waals surface area contributed by atoms with Gasteiger partial charge in [0.25, 0.3) is 5.91 Å². The molecule has 5 heteroatoms. The minimum Gasteiger partial charge on any atom is -0.369 e. The molecular formula is C25H29N3OS. The van der Waals surface area contributed by atoms with Crippen molar-refractivity contribution in [1.29, 1.82) is 0 Å². The van der Waals surface area contributed by atoms with Crippen molar-refractivity contribution in [2.45, 2.75) is 52.5 Å². The van der Waals surface area contributed by atoms with Crippen LogP contribution < -0.4 is 10.2 Å². The van der Waals surface area contributed by atoms with Crippen LogP contribution in [-0.4, -0.2) is 23.7 Å². The molecule has 2 aliphatic rings. The van der Waals surface area contributed by atoms with Crippen LogP contribution in [0, 0.1) is 13.8 Å². The Balaban J connectivity index is 1.66. The number of rotatable bonds is 2. The summed E-state index contributed by atoms with van der Waals surface area (Å²) in [5.41, 5.74) is 7.06. The van der Waals surface area contributed by atoms with Crippen LogP contribution in [0.3, 0.4) is 0 Å². The highest BCUT2D eigenvalue weighted by atomic mass is 32.2. The number of nitrogens with zero attached hydrogens (tertiary/aromatic N) is 2. The summed E-state index contributed by atoms with van der Waals surface area (Å²) in [4.78, 5) is 20.2. The van der Waals surface area contributed by atoms with Gasteiger partial charge in [-0.05, 0) is 104 Å². The topological polar surface area (TPSA) is 44.7 Å². The number of anilines is 1. The maximum Gasteiger partial charge on any atom is 0.264 e. The number of aliphatic imine (C=N–C) groups is 1. The summed E-state index contributed by atoms with van der Waals surface area (Å²) in [5.74, 6) is 0.391. The molecule has 1 saturated heterocycles. The van der Waals surface area contributed by atoms with E-state index in [1.165, 1.54) is 28.6 Å². The first-order valence-electron chi connectivity index (χ1n) is 10.4. The van der Waals surface area contributed by atoms with Crippen LogP contribution in [-0.2, 0) is 4.79 Å². The van der Waals surface area contributed by atoms with E-state index in [2.05, 4.69) is 62.1 Å². The van der Waals surface area contributed by atoms with Gasteiger partial charge in [-0.2, -0.15) is 0 Å². The molecule has 1 fully saturated rings. The van der Waals surface area contributed by atoms with Crippen molar-refractivity contribution in [2.24, 2.45) is 4.99 Å². The third kappa shape index (κ3) is 3.91. The minimum atomic E-state index is -0.0881. The Morgan fingerprint density at radius 1 is 1.23 bits per heavy atom. The summed E-state index contributed by atoms with van der Waals surface area (Å²) in [7, 11) is 2.18. The normalized spacial score (nSPS) is 23.1. The summed E-state index contributed by atoms with van der Waals surface area (Å²) in [6, 6.07) is 12.5. The third-order valence-corrected chi connectivity index (χ3v) is 7.10. The molecule has 1 N–H and O–H groups in total. The number of nitrogens with one attached hydrogen (secondary N) is 1. The molecule has 156 valence electrons. The Bertz CT molecular complexity index is 1080. The molecule has 0 aliphatic carbocycles. The SMILES string of the molecule is Cc1cccc(N=C2NC(=O)/C(=C\c3cc4c(cc3C)N(C)C(C)(C)CC4C)S2)c1. The van der Waals surface area contributed by atoms with E-state index < -0.39 is 0 Å². The number of thioether (sulfide) groups is 1. The van der Waals surface area contributed by atoms with E-state index in [-0.39, 0.29) is 11.4 Å². The molecule has 0 bridgehead atoms. The highest BCUT2D eigenvalue weighted by Gasteiger charge is 2.34. The van der Waals surface area contributed by atoms with Crippen LogP contribution in [0.25, 0.3) is 6.08 Å². The molecule has 2 aliphatic heterocycles. The highest BCUT2D eigenvalue weighted by Crippen LogP contribution is 2.44. The number of carbonyl (C=O) groups excluding carboxylic acids is 1. The van der Waals surface area contributed by atoms with Gasteiger partial charge in [0, 0.05) is 18.3 Å². The molecule has 0 saturated carbocycles. The average molecular weight is 420 g/mol. The van der Waals surface area contributed by atoms with Crippen LogP contribution in [0.5, 0.6) is 0 Å². The molecule has 4 nitrogen and oxygen atoms in total. The van der Waals surface area contributed by atoms with Gasteiger partial charge in [-0.25, -0.2) is 4.99 Å². The van der Waals surface area contributed by atoms with Crippen molar-refractivity contribution in [3.8, 4) is 0 Å². The highest BCUT2D eigenvalue weighted by molar-refractivity contribution is 8.18. The smallest absolute Gasteiger partial charge is 0.264 e. The molecule has 4 rings (SSSR count). The molecule has 1 amide bonds. The fraction of sp³-hybridized carbons (Fsp3) is 0.360. The summed E-state index contributed by atoms with van der Waals surface area (Å²) in [5, 5.41) is 3.53. The van der Waals surface area contributed by atoms with Gasteiger partial charge in [-0.3, -0.25) is 4.79 Å². The van der Waals surface area contributed by atoms with Gasteiger partial charge in [0.05, 0.1) is 10.6 Å². The molecule has 1 unspecified atom stereocenters. The number of amides is 1. The van der Waals surface area contributed by atoms with Crippen molar-refractivity contribution in [3.63, 3.8) is 0 Å². The van der Waals surface area contributed by atoms with Crippen molar-refractivity contribution in [1.82, 2.24) is 5.32 Å². The van der Waals surface area contributed by atoms with Crippen molar-refractivity contribution < 1.29 is 4.79 Å². The van der Waals surface area contributed by atoms with Crippen LogP contribution in [0.15, 0.2) is 46.3 Å². The van der Waals surface area contributed by atoms with Crippen molar-refractivity contribution in [2.75, 3.05) is 11.9 Å². The lowest BCUT2D eigenvalue weighted by molar-refractivity contribution is -0.115. The maximum absolute atomic E-state index is 12.6. The zero-order valence-electron chi connectivity index (χ0n) is 18.5. The molecular weight excluding hydrogens is 390 g/mol. The molecule has 2 aromatic carbocycles. The summed E-state index contributed by atoms with van der Waals surface area (Å²) >= 11 is 1.40. The van der Waals surface area contributed by atoms with E-state index in [1.54, 1.807) is 0 Å². The quantitative estimate of drug-likeness (QED) is 0.615. The van der Waals surface area contributed by atoms with E-state index in [4.69, 9.17) is 0 Å². The lowest BCUT2D eigenvalue weighted by atomic mass is 9.79. The number of benzene rings is 2. The first kappa shape index (κ1) is 20.7. The van der Waals surface area contributed by atoms with Gasteiger partial charge in [-0.15, -0.1) is 0 Å². The molecule has 1 atom stereocenters. The first-order chi connectivity index (χ1) is 14.1. The molecule has 2 aromatic rings. The fourth-order valence-corrected chi connectivity index (χ4v) is 5.16. The second-order valence-corrected chi connectivity index (χ2v) is 10.1. The third-order valence-electron chi connectivity index (χ3n) is 6.19. The zero-order chi connectivity index (χ0) is 21.6. The number of amidine groups is 1. The van der Waals surface area contributed by atoms with E-state index in [0.717, 1.165) is 23.2 Å². The van der Waals surface area contributed by atoms with Crippen molar-refractivity contribution >= 4 is 40.3 Å². The number of aryl methyl sites for hydroxylation is 2. The molecule has 2 heterocycles. The van der Waals surface area contributed by atoms with Crippen LogP contribution in [0.2, 0.25) is 0 Å². The molecule has 0 spiro atoms. The summed E-state index contributed by atoms with van der Waals surface area (Å²) < 4.78 is 0. The largest absolute Gasteiger partial charge is 0.369 e. The zero-order valence-corrected chi connectivity index (χ0v) is 19.4. The summed E-state index contributed by atoms with van der Waals surface area (Å²) in [6.45, 7) is 11.0. The predicted octanol–water partition coefficient (Wildman–Crippen LogP) is 5.92. The van der Waals surface area contributed by atoms with Crippen molar-refractivity contribution in [3.05, 3.63) is 63.6 Å². The lowest BCUT2D eigenvalue weighted by Crippen LogP contribution is -2.45. The number of hydrogen-bond acceptors (Lipinski definition) is 4. The van der Waals surface area contributed by atoms with Gasteiger partial charge < -0.3 is 10.2 Å². The molecule has 0 radical (unpaired) electrons. The van der Waals surface area contributed by atoms with E-state index >= 15 is 0 Å². The first-order valence-corrected chi connectivity index (χ1v) is 11.2. The average Bonchev–Trinajstić information content (AvgIpc) is 2.99. The fourth-order valence-electron chi connectivity index (χ4n) is 4.33. The van der Waals surface area contributed by atoms with Gasteiger partial charge in [0.15, 0.2) is 5.17 Å². The van der Waals surface area contributed by atoms with Gasteiger partial charge in [0.2, 0.25) is 0 Å². The second-order valence-electron chi connectivity index (χ2n) is 9.06. The van der Waals surface area contributed by atoms with E-state index in [9.17, 15) is 4.79 Å². The Hall–Kier alpha value is -2.53. The van der Waals surface area contributed by atoms with Crippen LogP contribution in [0.1, 0.15) is 55.4 Å². The predicted molar refractivity (Wildman–Crippen MR) is 129 cm³/mol. The van der Waals surface area contributed by atoms with Crippen LogP contribution in [0.4, 0.5) is 11.4 Å². The number of fused-ring (bicyclic) bond motifs is 1. The molecule has 0 aromatic heterocycles. The Morgan fingerprint density at radius 2 is 2.00 bits per heavy atom. The van der Waals surface area contributed by atoms with Crippen LogP contribution >= 0.6 is 11.8 Å². The monoisotopic (exact) mass is 419 g/mol. The summed E-state index contributed by atoms with van der Waals surface area (Å²) in [6.07, 6.45) is 3.11. The Morgan fingerprint density at radius 3 is 2.73 bits per heavy atom. The Kier molecular flexibility index (Phi) is 5.27. The lowest BCUT2D eigenvalue weighted by Gasteiger charge is -2.45. The maximum atomic E-state index is 12.6. The van der Waals surface area contributed by atoms with E-state index in [1.807, 2.05) is 37.3 Å². The second kappa shape index (κ2) is 7.62.